The lowest BCUT2D eigenvalue weighted by molar-refractivity contribution is -0.121. The molecule has 1 heterocycles. The molecule has 0 bridgehead atoms. The highest BCUT2D eigenvalue weighted by atomic mass is 16.4. The van der Waals surface area contributed by atoms with Crippen LogP contribution in [0.15, 0.2) is 16.7 Å². The van der Waals surface area contributed by atoms with Crippen LogP contribution in [0.5, 0.6) is 0 Å². The number of carbonyl (C=O) groups is 2. The van der Waals surface area contributed by atoms with E-state index in [1.165, 1.54) is 12.3 Å². The lowest BCUT2D eigenvalue weighted by atomic mass is 10.1. The minimum absolute atomic E-state index is 0.103. The summed E-state index contributed by atoms with van der Waals surface area (Å²) in [4.78, 5) is 22.1. The number of furan rings is 1. The fraction of sp³-hybridized carbons (Fsp3) is 0.500. The molecule has 1 amide bonds. The summed E-state index contributed by atoms with van der Waals surface area (Å²) in [5, 5.41) is 14.4. The van der Waals surface area contributed by atoms with Gasteiger partial charge in [-0.2, -0.15) is 0 Å². The van der Waals surface area contributed by atoms with Crippen LogP contribution in [0.4, 0.5) is 0 Å². The number of hydrogen-bond donors (Lipinski definition) is 3. The number of carboxylic acids is 1. The van der Waals surface area contributed by atoms with Crippen LogP contribution in [-0.4, -0.2) is 29.1 Å². The van der Waals surface area contributed by atoms with E-state index in [9.17, 15) is 9.59 Å². The van der Waals surface area contributed by atoms with Crippen molar-refractivity contribution < 1.29 is 19.1 Å². The van der Waals surface area contributed by atoms with Crippen molar-refractivity contribution >= 4 is 11.9 Å². The number of aromatic carboxylic acids is 1. The van der Waals surface area contributed by atoms with Gasteiger partial charge in [-0.3, -0.25) is 4.79 Å². The maximum Gasteiger partial charge on any atom is 0.338 e. The van der Waals surface area contributed by atoms with Crippen molar-refractivity contribution in [1.29, 1.82) is 0 Å². The fourth-order valence-electron chi connectivity index (χ4n) is 1.35. The highest BCUT2D eigenvalue weighted by Crippen LogP contribution is 2.07. The third-order valence-corrected chi connectivity index (χ3v) is 2.00. The van der Waals surface area contributed by atoms with Gasteiger partial charge in [-0.05, 0) is 26.8 Å². The van der Waals surface area contributed by atoms with Crippen molar-refractivity contribution in [2.75, 3.05) is 6.54 Å². The molecule has 0 atom stereocenters. The predicted octanol–water partition coefficient (Wildman–Crippen LogP) is 0.982. The standard InChI is InChI=1S/C12H18N2O4/c1-12(2,3)14-10(15)6-13-5-9-4-8(7-18-9)11(16)17/h4,7,13H,5-6H2,1-3H3,(H,14,15)(H,16,17). The Morgan fingerprint density at radius 2 is 2.06 bits per heavy atom. The molecule has 0 fully saturated rings. The molecular formula is C12H18N2O4. The first kappa shape index (κ1) is 14.2. The first-order valence-corrected chi connectivity index (χ1v) is 5.60. The summed E-state index contributed by atoms with van der Waals surface area (Å²) < 4.78 is 5.03. The molecule has 0 saturated carbocycles. The number of carboxylic acid groups (broad SMARTS) is 1. The molecule has 0 saturated heterocycles. The number of rotatable bonds is 5. The van der Waals surface area contributed by atoms with E-state index in [0.29, 0.717) is 12.3 Å². The van der Waals surface area contributed by atoms with E-state index in [1.807, 2.05) is 20.8 Å². The molecule has 0 aromatic carbocycles. The molecule has 6 nitrogen and oxygen atoms in total. The molecule has 0 aliphatic rings. The number of amides is 1. The van der Waals surface area contributed by atoms with E-state index in [-0.39, 0.29) is 23.6 Å². The van der Waals surface area contributed by atoms with Crippen LogP contribution in [-0.2, 0) is 11.3 Å². The molecule has 0 unspecified atom stereocenters. The topological polar surface area (TPSA) is 91.6 Å². The Kier molecular flexibility index (Phi) is 4.49. The summed E-state index contributed by atoms with van der Waals surface area (Å²) in [6.07, 6.45) is 1.18. The second-order valence-corrected chi connectivity index (χ2v) is 5.01. The monoisotopic (exact) mass is 254 g/mol. The Hall–Kier alpha value is -1.82. The van der Waals surface area contributed by atoms with Gasteiger partial charge in [0.05, 0.1) is 18.7 Å². The van der Waals surface area contributed by atoms with Crippen LogP contribution in [0.3, 0.4) is 0 Å². The van der Waals surface area contributed by atoms with Gasteiger partial charge in [0.2, 0.25) is 5.91 Å². The lowest BCUT2D eigenvalue weighted by Crippen LogP contribution is -2.44. The molecule has 0 aliphatic heterocycles. The molecule has 3 N–H and O–H groups in total. The molecule has 6 heteroatoms. The second kappa shape index (κ2) is 5.68. The smallest absolute Gasteiger partial charge is 0.338 e. The van der Waals surface area contributed by atoms with Crippen LogP contribution >= 0.6 is 0 Å². The summed E-state index contributed by atoms with van der Waals surface area (Å²) in [6, 6.07) is 1.43. The Bertz CT molecular complexity index is 432. The summed E-state index contributed by atoms with van der Waals surface area (Å²) in [6.45, 7) is 6.16. The summed E-state index contributed by atoms with van der Waals surface area (Å²) in [5.41, 5.74) is -0.161. The Labute approximate surface area is 105 Å². The molecule has 1 aromatic rings. The van der Waals surface area contributed by atoms with Gasteiger partial charge in [0.25, 0.3) is 0 Å². The average Bonchev–Trinajstić information content (AvgIpc) is 2.63. The van der Waals surface area contributed by atoms with Crippen LogP contribution < -0.4 is 10.6 Å². The maximum atomic E-state index is 11.5. The number of hydrogen-bond acceptors (Lipinski definition) is 4. The third kappa shape index (κ3) is 5.01. The van der Waals surface area contributed by atoms with Crippen molar-refractivity contribution in [1.82, 2.24) is 10.6 Å². The average molecular weight is 254 g/mol. The van der Waals surface area contributed by atoms with Crippen molar-refractivity contribution in [2.45, 2.75) is 32.9 Å². The van der Waals surface area contributed by atoms with Gasteiger partial charge in [-0.25, -0.2) is 4.79 Å². The van der Waals surface area contributed by atoms with Crippen molar-refractivity contribution in [3.8, 4) is 0 Å². The quantitative estimate of drug-likeness (QED) is 0.728. The van der Waals surface area contributed by atoms with Gasteiger partial charge in [0, 0.05) is 5.54 Å². The Morgan fingerprint density at radius 3 is 2.56 bits per heavy atom. The Morgan fingerprint density at radius 1 is 1.39 bits per heavy atom. The molecule has 18 heavy (non-hydrogen) atoms. The van der Waals surface area contributed by atoms with Crippen LogP contribution in [0.1, 0.15) is 36.9 Å². The van der Waals surface area contributed by atoms with E-state index in [2.05, 4.69) is 10.6 Å². The first-order valence-electron chi connectivity index (χ1n) is 5.60. The van der Waals surface area contributed by atoms with E-state index in [0.717, 1.165) is 0 Å². The zero-order valence-electron chi connectivity index (χ0n) is 10.7. The molecule has 0 aliphatic carbocycles. The van der Waals surface area contributed by atoms with Gasteiger partial charge in [0.15, 0.2) is 0 Å². The van der Waals surface area contributed by atoms with Crippen LogP contribution in [0.2, 0.25) is 0 Å². The highest BCUT2D eigenvalue weighted by molar-refractivity contribution is 5.87. The molecule has 0 radical (unpaired) electrons. The largest absolute Gasteiger partial charge is 0.478 e. The maximum absolute atomic E-state index is 11.5. The van der Waals surface area contributed by atoms with Gasteiger partial charge in [-0.1, -0.05) is 0 Å². The first-order chi connectivity index (χ1) is 8.28. The molecule has 1 rings (SSSR count). The lowest BCUT2D eigenvalue weighted by Gasteiger charge is -2.20. The normalized spacial score (nSPS) is 11.3. The van der Waals surface area contributed by atoms with Gasteiger partial charge >= 0.3 is 5.97 Å². The zero-order valence-corrected chi connectivity index (χ0v) is 10.7. The predicted molar refractivity (Wildman–Crippen MR) is 65.3 cm³/mol. The minimum Gasteiger partial charge on any atom is -0.478 e. The number of nitrogens with one attached hydrogen (secondary N) is 2. The molecule has 0 spiro atoms. The van der Waals surface area contributed by atoms with Crippen LogP contribution in [0.25, 0.3) is 0 Å². The van der Waals surface area contributed by atoms with Crippen molar-refractivity contribution in [2.24, 2.45) is 0 Å². The van der Waals surface area contributed by atoms with Gasteiger partial charge in [0.1, 0.15) is 12.0 Å². The highest BCUT2D eigenvalue weighted by Gasteiger charge is 2.13. The van der Waals surface area contributed by atoms with E-state index >= 15 is 0 Å². The van der Waals surface area contributed by atoms with Crippen LogP contribution in [0, 0.1) is 0 Å². The Balaban J connectivity index is 2.33. The fourth-order valence-corrected chi connectivity index (χ4v) is 1.35. The molecular weight excluding hydrogens is 236 g/mol. The summed E-state index contributed by atoms with van der Waals surface area (Å²) in [5.74, 6) is -0.668. The van der Waals surface area contributed by atoms with Crippen molar-refractivity contribution in [3.63, 3.8) is 0 Å². The van der Waals surface area contributed by atoms with E-state index in [1.54, 1.807) is 0 Å². The van der Waals surface area contributed by atoms with Gasteiger partial charge < -0.3 is 20.2 Å². The second-order valence-electron chi connectivity index (χ2n) is 5.01. The number of carbonyl (C=O) groups excluding carboxylic acids is 1. The molecule has 1 aromatic heterocycles. The SMILES string of the molecule is CC(C)(C)NC(=O)CNCc1cc(C(=O)O)co1. The summed E-state index contributed by atoms with van der Waals surface area (Å²) >= 11 is 0. The van der Waals surface area contributed by atoms with Crippen molar-refractivity contribution in [3.05, 3.63) is 23.7 Å². The van der Waals surface area contributed by atoms with E-state index < -0.39 is 5.97 Å². The third-order valence-electron chi connectivity index (χ3n) is 2.00. The molecule has 100 valence electrons. The minimum atomic E-state index is -1.03. The summed E-state index contributed by atoms with van der Waals surface area (Å²) in [7, 11) is 0. The van der Waals surface area contributed by atoms with E-state index in [4.69, 9.17) is 9.52 Å². The van der Waals surface area contributed by atoms with Gasteiger partial charge in [-0.15, -0.1) is 0 Å². The zero-order chi connectivity index (χ0) is 13.8.